The zero-order valence-electron chi connectivity index (χ0n) is 9.13. The zero-order valence-corrected chi connectivity index (χ0v) is 9.13. The van der Waals surface area contributed by atoms with Crippen LogP contribution in [0, 0.1) is 11.3 Å². The molecule has 1 aromatic carbocycles. The Bertz CT molecular complexity index is 414. The molecule has 0 unspecified atom stereocenters. The number of likely N-dealkylation sites (N-methyl/N-ethyl adjacent to an activating group) is 1. The van der Waals surface area contributed by atoms with E-state index in [1.807, 2.05) is 31.3 Å². The molecule has 0 bridgehead atoms. The lowest BCUT2D eigenvalue weighted by atomic mass is 9.98. The molecule has 4 heteroatoms. The lowest BCUT2D eigenvalue weighted by molar-refractivity contribution is 0.0205. The highest BCUT2D eigenvalue weighted by Crippen LogP contribution is 2.33. The third-order valence-corrected chi connectivity index (χ3v) is 2.90. The van der Waals surface area contributed by atoms with Gasteiger partial charge in [-0.15, -0.1) is 0 Å². The van der Waals surface area contributed by atoms with Gasteiger partial charge in [0.2, 0.25) is 0 Å². The second kappa shape index (κ2) is 4.52. The summed E-state index contributed by atoms with van der Waals surface area (Å²) in [5, 5.41) is 18.8. The molecule has 1 N–H and O–H groups in total. The molecular weight excluding hydrogens is 204 g/mol. The number of fused-ring (bicyclic) bond motifs is 1. The van der Waals surface area contributed by atoms with Gasteiger partial charge < -0.3 is 9.84 Å². The summed E-state index contributed by atoms with van der Waals surface area (Å²) in [6, 6.07) is 9.36. The Kier molecular flexibility index (Phi) is 3.09. The third-order valence-electron chi connectivity index (χ3n) is 2.90. The van der Waals surface area contributed by atoms with Crippen molar-refractivity contribution in [1.82, 2.24) is 4.90 Å². The summed E-state index contributed by atoms with van der Waals surface area (Å²) in [7, 11) is 1.81. The van der Waals surface area contributed by atoms with Crippen molar-refractivity contribution in [2.24, 2.45) is 0 Å². The van der Waals surface area contributed by atoms with Crippen LogP contribution in [0.5, 0.6) is 5.75 Å². The lowest BCUT2D eigenvalue weighted by Crippen LogP contribution is -2.44. The van der Waals surface area contributed by atoms with Gasteiger partial charge in [-0.3, -0.25) is 4.90 Å². The SMILES string of the molecule is CN(CC#N)[C@@H]1COc2ccccc2[C@@H]1O. The van der Waals surface area contributed by atoms with Crippen LogP contribution in [0.15, 0.2) is 24.3 Å². The van der Waals surface area contributed by atoms with Crippen LogP contribution in [0.1, 0.15) is 11.7 Å². The van der Waals surface area contributed by atoms with Crippen LogP contribution < -0.4 is 4.74 Å². The van der Waals surface area contributed by atoms with Crippen LogP contribution in [0.2, 0.25) is 0 Å². The summed E-state index contributed by atoms with van der Waals surface area (Å²) in [5.74, 6) is 0.733. The smallest absolute Gasteiger partial charge is 0.125 e. The van der Waals surface area contributed by atoms with Crippen molar-refractivity contribution in [2.45, 2.75) is 12.1 Å². The molecule has 2 rings (SSSR count). The van der Waals surface area contributed by atoms with E-state index in [4.69, 9.17) is 10.00 Å². The standard InChI is InChI=1S/C12H14N2O2/c1-14(7-6-13)10-8-16-11-5-3-2-4-9(11)12(10)15/h2-5,10,12,15H,7-8H2,1H3/t10-,12+/m1/s1. The fraction of sp³-hybridized carbons (Fsp3) is 0.417. The number of nitriles is 1. The molecule has 2 atom stereocenters. The van der Waals surface area contributed by atoms with Crippen molar-refractivity contribution in [2.75, 3.05) is 20.2 Å². The molecule has 0 spiro atoms. The normalized spacial score (nSPS) is 23.4. The lowest BCUT2D eigenvalue weighted by Gasteiger charge is -2.35. The van der Waals surface area contributed by atoms with E-state index in [2.05, 4.69) is 6.07 Å². The highest BCUT2D eigenvalue weighted by Gasteiger charge is 2.31. The van der Waals surface area contributed by atoms with Crippen LogP contribution in [-0.4, -0.2) is 36.2 Å². The van der Waals surface area contributed by atoms with Crippen molar-refractivity contribution in [1.29, 1.82) is 5.26 Å². The van der Waals surface area contributed by atoms with E-state index in [0.717, 1.165) is 11.3 Å². The molecule has 4 nitrogen and oxygen atoms in total. The summed E-state index contributed by atoms with van der Waals surface area (Å²) in [6.07, 6.45) is -0.594. The Labute approximate surface area is 94.7 Å². The van der Waals surface area contributed by atoms with Crippen LogP contribution in [0.4, 0.5) is 0 Å². The number of aliphatic hydroxyl groups excluding tert-OH is 1. The number of aliphatic hydroxyl groups is 1. The van der Waals surface area contributed by atoms with Gasteiger partial charge >= 0.3 is 0 Å². The molecule has 0 amide bonds. The van der Waals surface area contributed by atoms with Crippen molar-refractivity contribution in [3.8, 4) is 11.8 Å². The molecule has 16 heavy (non-hydrogen) atoms. The molecule has 0 radical (unpaired) electrons. The third kappa shape index (κ3) is 1.87. The molecule has 0 aliphatic carbocycles. The fourth-order valence-electron chi connectivity index (χ4n) is 1.93. The van der Waals surface area contributed by atoms with Gasteiger partial charge in [-0.05, 0) is 13.1 Å². The Balaban J connectivity index is 2.21. The Morgan fingerprint density at radius 2 is 2.31 bits per heavy atom. The first-order valence-electron chi connectivity index (χ1n) is 5.21. The van der Waals surface area contributed by atoms with Crippen LogP contribution in [0.25, 0.3) is 0 Å². The summed E-state index contributed by atoms with van der Waals surface area (Å²) in [6.45, 7) is 0.698. The van der Waals surface area contributed by atoms with Gasteiger partial charge in [0.15, 0.2) is 0 Å². The molecule has 0 saturated heterocycles. The van der Waals surface area contributed by atoms with E-state index in [9.17, 15) is 5.11 Å². The first-order chi connectivity index (χ1) is 7.74. The number of benzene rings is 1. The fourth-order valence-corrected chi connectivity index (χ4v) is 1.93. The number of hydrogen-bond donors (Lipinski definition) is 1. The van der Waals surface area contributed by atoms with E-state index in [1.54, 1.807) is 4.90 Å². The van der Waals surface area contributed by atoms with E-state index >= 15 is 0 Å². The number of nitrogens with zero attached hydrogens (tertiary/aromatic N) is 2. The molecule has 0 aromatic heterocycles. The number of hydrogen-bond acceptors (Lipinski definition) is 4. The maximum Gasteiger partial charge on any atom is 0.125 e. The Morgan fingerprint density at radius 3 is 3.06 bits per heavy atom. The van der Waals surface area contributed by atoms with Crippen LogP contribution >= 0.6 is 0 Å². The Morgan fingerprint density at radius 1 is 1.56 bits per heavy atom. The molecule has 1 aromatic rings. The van der Waals surface area contributed by atoms with E-state index in [1.165, 1.54) is 0 Å². The van der Waals surface area contributed by atoms with Crippen molar-refractivity contribution >= 4 is 0 Å². The second-order valence-corrected chi connectivity index (χ2v) is 3.93. The highest BCUT2D eigenvalue weighted by atomic mass is 16.5. The van der Waals surface area contributed by atoms with E-state index < -0.39 is 6.10 Å². The van der Waals surface area contributed by atoms with Gasteiger partial charge in [-0.25, -0.2) is 0 Å². The van der Waals surface area contributed by atoms with Crippen molar-refractivity contribution < 1.29 is 9.84 Å². The van der Waals surface area contributed by atoms with Gasteiger partial charge in [-0.2, -0.15) is 5.26 Å². The van der Waals surface area contributed by atoms with Gasteiger partial charge in [-0.1, -0.05) is 18.2 Å². The number of para-hydroxylation sites is 1. The van der Waals surface area contributed by atoms with Crippen molar-refractivity contribution in [3.63, 3.8) is 0 Å². The molecule has 1 aliphatic rings. The topological polar surface area (TPSA) is 56.5 Å². The first kappa shape index (κ1) is 10.9. The molecular formula is C12H14N2O2. The number of ether oxygens (including phenoxy) is 1. The van der Waals surface area contributed by atoms with Gasteiger partial charge in [0, 0.05) is 5.56 Å². The van der Waals surface area contributed by atoms with Gasteiger partial charge in [0.25, 0.3) is 0 Å². The minimum absolute atomic E-state index is 0.158. The highest BCUT2D eigenvalue weighted by molar-refractivity contribution is 5.37. The van der Waals surface area contributed by atoms with E-state index in [0.29, 0.717) is 6.61 Å². The van der Waals surface area contributed by atoms with Crippen molar-refractivity contribution in [3.05, 3.63) is 29.8 Å². The minimum atomic E-state index is -0.594. The van der Waals surface area contributed by atoms with E-state index in [-0.39, 0.29) is 12.6 Å². The predicted octanol–water partition coefficient (Wildman–Crippen LogP) is 0.936. The zero-order chi connectivity index (χ0) is 11.5. The van der Waals surface area contributed by atoms with Gasteiger partial charge in [0.1, 0.15) is 18.5 Å². The number of rotatable bonds is 2. The molecule has 0 fully saturated rings. The maximum absolute atomic E-state index is 10.2. The quantitative estimate of drug-likeness (QED) is 0.750. The minimum Gasteiger partial charge on any atom is -0.491 e. The summed E-state index contributed by atoms with van der Waals surface area (Å²) >= 11 is 0. The molecule has 84 valence electrons. The average Bonchev–Trinajstić information content (AvgIpc) is 2.30. The second-order valence-electron chi connectivity index (χ2n) is 3.93. The largest absolute Gasteiger partial charge is 0.491 e. The molecule has 0 saturated carbocycles. The maximum atomic E-state index is 10.2. The predicted molar refractivity (Wildman–Crippen MR) is 58.9 cm³/mol. The summed E-state index contributed by atoms with van der Waals surface area (Å²) in [5.41, 5.74) is 0.795. The molecule has 1 heterocycles. The van der Waals surface area contributed by atoms with Crippen LogP contribution in [0.3, 0.4) is 0 Å². The summed E-state index contributed by atoms with van der Waals surface area (Å²) in [4.78, 5) is 1.81. The molecule has 1 aliphatic heterocycles. The first-order valence-corrected chi connectivity index (χ1v) is 5.21. The average molecular weight is 218 g/mol. The van der Waals surface area contributed by atoms with Crippen LogP contribution in [-0.2, 0) is 0 Å². The Hall–Kier alpha value is -1.57. The summed E-state index contributed by atoms with van der Waals surface area (Å²) < 4.78 is 5.56. The van der Waals surface area contributed by atoms with Gasteiger partial charge in [0.05, 0.1) is 18.7 Å². The monoisotopic (exact) mass is 218 g/mol.